The number of hydrogen-bond donors (Lipinski definition) is 1. The highest BCUT2D eigenvalue weighted by Gasteiger charge is 2.07. The summed E-state index contributed by atoms with van der Waals surface area (Å²) in [6, 6.07) is 10.8. The van der Waals surface area contributed by atoms with Gasteiger partial charge in [-0.05, 0) is 35.7 Å². The average Bonchev–Trinajstić information content (AvgIpc) is 3.25. The Morgan fingerprint density at radius 3 is 2.92 bits per heavy atom. The van der Waals surface area contributed by atoms with Gasteiger partial charge >= 0.3 is 0 Å². The second kappa shape index (κ2) is 8.38. The molecule has 0 bridgehead atoms. The number of ether oxygens (including phenoxy) is 1. The molecule has 2 aromatic heterocycles. The third-order valence-electron chi connectivity index (χ3n) is 3.33. The number of rotatable bonds is 7. The molecule has 0 aliphatic heterocycles. The quantitative estimate of drug-likeness (QED) is 0.654. The molecule has 25 heavy (non-hydrogen) atoms. The first-order chi connectivity index (χ1) is 12.1. The summed E-state index contributed by atoms with van der Waals surface area (Å²) in [5.41, 5.74) is 0.932. The molecule has 0 atom stereocenters. The lowest BCUT2D eigenvalue weighted by Gasteiger charge is -2.09. The van der Waals surface area contributed by atoms with Gasteiger partial charge in [-0.15, -0.1) is 11.3 Å². The summed E-state index contributed by atoms with van der Waals surface area (Å²) in [5, 5.41) is 10.2. The highest BCUT2D eigenvalue weighted by Crippen LogP contribution is 2.27. The Morgan fingerprint density at radius 1 is 1.28 bits per heavy atom. The first kappa shape index (κ1) is 17.8. The van der Waals surface area contributed by atoms with Crippen LogP contribution in [0.3, 0.4) is 0 Å². The van der Waals surface area contributed by atoms with Gasteiger partial charge in [0.25, 0.3) is 5.91 Å². The van der Waals surface area contributed by atoms with E-state index in [1.165, 1.54) is 0 Å². The summed E-state index contributed by atoms with van der Waals surface area (Å²) in [6.45, 7) is 0.932. The van der Waals surface area contributed by atoms with E-state index in [0.717, 1.165) is 10.6 Å². The molecule has 2 heterocycles. The minimum Gasteiger partial charge on any atom is -0.482 e. The minimum absolute atomic E-state index is 0.110. The van der Waals surface area contributed by atoms with Crippen LogP contribution >= 0.6 is 34.5 Å². The van der Waals surface area contributed by atoms with E-state index < -0.39 is 0 Å². The van der Waals surface area contributed by atoms with Crippen molar-refractivity contribution in [3.05, 3.63) is 58.0 Å². The molecule has 1 N–H and O–H groups in total. The number of carbonyl (C=O) groups is 1. The highest BCUT2D eigenvalue weighted by molar-refractivity contribution is 7.13. The molecule has 0 saturated heterocycles. The Morgan fingerprint density at radius 2 is 2.16 bits per heavy atom. The normalized spacial score (nSPS) is 10.6. The van der Waals surface area contributed by atoms with Gasteiger partial charge in [-0.2, -0.15) is 5.10 Å². The maximum Gasteiger partial charge on any atom is 0.258 e. The van der Waals surface area contributed by atoms with E-state index in [9.17, 15) is 4.79 Å². The molecule has 8 heteroatoms. The van der Waals surface area contributed by atoms with Crippen LogP contribution < -0.4 is 10.1 Å². The number of carbonyl (C=O) groups excluding carboxylic acids is 1. The summed E-state index contributed by atoms with van der Waals surface area (Å²) in [5.74, 6) is 0.200. The maximum absolute atomic E-state index is 11.8. The molecular formula is C17H15Cl2N3O2S. The molecule has 0 fully saturated rings. The van der Waals surface area contributed by atoms with E-state index in [-0.39, 0.29) is 12.5 Å². The number of thiophene rings is 1. The average molecular weight is 396 g/mol. The van der Waals surface area contributed by atoms with Gasteiger partial charge in [-0.1, -0.05) is 29.3 Å². The van der Waals surface area contributed by atoms with Crippen LogP contribution in [0.15, 0.2) is 48.0 Å². The zero-order chi connectivity index (χ0) is 17.6. The van der Waals surface area contributed by atoms with E-state index in [4.69, 9.17) is 27.9 Å². The molecule has 1 aromatic carbocycles. The molecule has 0 saturated carbocycles. The lowest BCUT2D eigenvalue weighted by atomic mass is 10.3. The lowest BCUT2D eigenvalue weighted by Crippen LogP contribution is -2.31. The monoisotopic (exact) mass is 395 g/mol. The Labute approximate surface area is 159 Å². The smallest absolute Gasteiger partial charge is 0.258 e. The summed E-state index contributed by atoms with van der Waals surface area (Å²) in [4.78, 5) is 13.0. The summed E-state index contributed by atoms with van der Waals surface area (Å²) < 4.78 is 7.18. The second-order valence-corrected chi connectivity index (χ2v) is 6.95. The van der Waals surface area contributed by atoms with Crippen LogP contribution in [0.1, 0.15) is 0 Å². The van der Waals surface area contributed by atoms with Crippen molar-refractivity contribution >= 4 is 40.4 Å². The molecule has 0 radical (unpaired) electrons. The number of nitrogens with one attached hydrogen (secondary N) is 1. The zero-order valence-electron chi connectivity index (χ0n) is 13.1. The van der Waals surface area contributed by atoms with Crippen LogP contribution in [0, 0.1) is 0 Å². The molecule has 0 spiro atoms. The molecular weight excluding hydrogens is 381 g/mol. The number of hydrogen-bond acceptors (Lipinski definition) is 4. The Bertz CT molecular complexity index is 849. The molecule has 1 amide bonds. The Hall–Kier alpha value is -2.02. The van der Waals surface area contributed by atoms with Crippen molar-refractivity contribution in [1.29, 1.82) is 0 Å². The molecule has 3 aromatic rings. The number of nitrogens with zero attached hydrogens (tertiary/aromatic N) is 2. The standard InChI is InChI=1S/C17H15Cl2N3O2S/c18-12-3-4-15(13(19)10-12)24-11-17(23)20-6-8-22-7-5-14(21-22)16-2-1-9-25-16/h1-5,7,9-10H,6,8,11H2,(H,20,23). The van der Waals surface area contributed by atoms with E-state index in [1.54, 1.807) is 34.2 Å². The van der Waals surface area contributed by atoms with Crippen molar-refractivity contribution in [1.82, 2.24) is 15.1 Å². The molecule has 130 valence electrons. The number of halogens is 2. The van der Waals surface area contributed by atoms with Gasteiger partial charge in [-0.25, -0.2) is 0 Å². The third-order valence-corrected chi connectivity index (χ3v) is 4.75. The van der Waals surface area contributed by atoms with Crippen molar-refractivity contribution < 1.29 is 9.53 Å². The topological polar surface area (TPSA) is 56.1 Å². The molecule has 3 rings (SSSR count). The predicted molar refractivity (Wildman–Crippen MR) is 101 cm³/mol. The van der Waals surface area contributed by atoms with Gasteiger partial charge in [0.2, 0.25) is 0 Å². The molecule has 0 unspecified atom stereocenters. The zero-order valence-corrected chi connectivity index (χ0v) is 15.4. The van der Waals surface area contributed by atoms with Crippen LogP contribution in [0.2, 0.25) is 10.0 Å². The van der Waals surface area contributed by atoms with Crippen molar-refractivity contribution in [2.75, 3.05) is 13.2 Å². The molecule has 0 aliphatic carbocycles. The fourth-order valence-electron chi connectivity index (χ4n) is 2.14. The van der Waals surface area contributed by atoms with Gasteiger partial charge in [0, 0.05) is 17.8 Å². The van der Waals surface area contributed by atoms with E-state index >= 15 is 0 Å². The van der Waals surface area contributed by atoms with E-state index in [2.05, 4.69) is 10.4 Å². The van der Waals surface area contributed by atoms with E-state index in [0.29, 0.717) is 28.9 Å². The summed E-state index contributed by atoms with van der Waals surface area (Å²) >= 11 is 13.4. The van der Waals surface area contributed by atoms with Crippen LogP contribution in [0.4, 0.5) is 0 Å². The van der Waals surface area contributed by atoms with Crippen molar-refractivity contribution in [3.63, 3.8) is 0 Å². The predicted octanol–water partition coefficient (Wildman–Crippen LogP) is 4.11. The first-order valence-corrected chi connectivity index (χ1v) is 9.17. The minimum atomic E-state index is -0.225. The fraction of sp³-hybridized carbons (Fsp3) is 0.176. The van der Waals surface area contributed by atoms with Crippen LogP contribution in [0.5, 0.6) is 5.75 Å². The SMILES string of the molecule is O=C(COc1ccc(Cl)cc1Cl)NCCn1ccc(-c2cccs2)n1. The fourth-order valence-corrected chi connectivity index (χ4v) is 3.29. The van der Waals surface area contributed by atoms with Gasteiger partial charge in [-0.3, -0.25) is 9.48 Å². The largest absolute Gasteiger partial charge is 0.482 e. The van der Waals surface area contributed by atoms with Crippen LogP contribution in [0.25, 0.3) is 10.6 Å². The van der Waals surface area contributed by atoms with Gasteiger partial charge in [0.05, 0.1) is 16.4 Å². The van der Waals surface area contributed by atoms with Crippen molar-refractivity contribution in [2.45, 2.75) is 6.54 Å². The highest BCUT2D eigenvalue weighted by atomic mass is 35.5. The Kier molecular flexibility index (Phi) is 5.96. The molecule has 0 aliphatic rings. The van der Waals surface area contributed by atoms with Crippen molar-refractivity contribution in [3.8, 4) is 16.3 Å². The van der Waals surface area contributed by atoms with Crippen molar-refractivity contribution in [2.24, 2.45) is 0 Å². The number of benzene rings is 1. The van der Waals surface area contributed by atoms with Crippen LogP contribution in [-0.2, 0) is 11.3 Å². The summed E-state index contributed by atoms with van der Waals surface area (Å²) in [7, 11) is 0. The molecule has 5 nitrogen and oxygen atoms in total. The second-order valence-electron chi connectivity index (χ2n) is 5.15. The Balaban J connectivity index is 1.42. The first-order valence-electron chi connectivity index (χ1n) is 7.54. The van der Waals surface area contributed by atoms with Gasteiger partial charge in [0.1, 0.15) is 11.4 Å². The number of amides is 1. The maximum atomic E-state index is 11.8. The summed E-state index contributed by atoms with van der Waals surface area (Å²) in [6.07, 6.45) is 1.89. The number of aromatic nitrogens is 2. The third kappa shape index (κ3) is 4.98. The van der Waals surface area contributed by atoms with Crippen LogP contribution in [-0.4, -0.2) is 28.8 Å². The van der Waals surface area contributed by atoms with Gasteiger partial charge < -0.3 is 10.1 Å². The van der Waals surface area contributed by atoms with E-state index in [1.807, 2.05) is 29.8 Å². The van der Waals surface area contributed by atoms with Gasteiger partial charge in [0.15, 0.2) is 6.61 Å². The lowest BCUT2D eigenvalue weighted by molar-refractivity contribution is -0.123.